The third-order valence-corrected chi connectivity index (χ3v) is 3.40. The lowest BCUT2D eigenvalue weighted by atomic mass is 10.0. The molecular weight excluding hydrogens is 248 g/mol. The van der Waals surface area contributed by atoms with Gasteiger partial charge >= 0.3 is 0 Å². The molecule has 0 aliphatic heterocycles. The van der Waals surface area contributed by atoms with Crippen LogP contribution in [0.25, 0.3) is 0 Å². The van der Waals surface area contributed by atoms with Crippen LogP contribution in [0.5, 0.6) is 0 Å². The maximum Gasteiger partial charge on any atom is 0.227 e. The average molecular weight is 265 g/mol. The second-order valence-electron chi connectivity index (χ2n) is 4.68. The van der Waals surface area contributed by atoms with Gasteiger partial charge in [-0.1, -0.05) is 35.9 Å². The Morgan fingerprint density at radius 2 is 2.28 bits per heavy atom. The zero-order chi connectivity index (χ0) is 13.1. The van der Waals surface area contributed by atoms with E-state index in [1.165, 1.54) is 0 Å². The van der Waals surface area contributed by atoms with Gasteiger partial charge in [-0.25, -0.2) is 0 Å². The van der Waals surface area contributed by atoms with E-state index in [2.05, 4.69) is 5.32 Å². The Kier molecular flexibility index (Phi) is 4.04. The Morgan fingerprint density at radius 1 is 1.50 bits per heavy atom. The van der Waals surface area contributed by atoms with Gasteiger partial charge in [0.15, 0.2) is 0 Å². The second-order valence-corrected chi connectivity index (χ2v) is 5.11. The van der Waals surface area contributed by atoms with E-state index in [1.54, 1.807) is 0 Å². The minimum atomic E-state index is -0.110. The molecule has 3 N–H and O–H groups in total. The highest BCUT2D eigenvalue weighted by molar-refractivity contribution is 6.30. The van der Waals surface area contributed by atoms with Crippen LogP contribution in [0.4, 0.5) is 0 Å². The molecule has 1 aromatic carbocycles. The lowest BCUT2D eigenvalue weighted by molar-refractivity contribution is -0.124. The number of carbonyl (C=O) groups excluding carboxylic acids is 1. The van der Waals surface area contributed by atoms with E-state index in [0.717, 1.165) is 5.56 Å². The number of halogens is 1. The molecule has 0 fully saturated rings. The van der Waals surface area contributed by atoms with Gasteiger partial charge in [-0.3, -0.25) is 4.79 Å². The third kappa shape index (κ3) is 3.12. The predicted octanol–water partition coefficient (Wildman–Crippen LogP) is 2.42. The maximum atomic E-state index is 12.0. The van der Waals surface area contributed by atoms with Crippen molar-refractivity contribution in [3.05, 3.63) is 47.0 Å². The first kappa shape index (κ1) is 13.1. The second kappa shape index (κ2) is 5.55. The molecule has 0 bridgehead atoms. The van der Waals surface area contributed by atoms with E-state index in [1.807, 2.05) is 43.3 Å². The highest BCUT2D eigenvalue weighted by atomic mass is 35.5. The molecule has 0 saturated carbocycles. The molecule has 1 aliphatic carbocycles. The average Bonchev–Trinajstić information content (AvgIpc) is 2.76. The normalized spacial score (nSPS) is 23.9. The molecule has 1 aromatic rings. The van der Waals surface area contributed by atoms with Crippen molar-refractivity contribution in [2.45, 2.75) is 25.4 Å². The fourth-order valence-corrected chi connectivity index (χ4v) is 2.30. The van der Waals surface area contributed by atoms with Gasteiger partial charge in [-0.15, -0.1) is 0 Å². The topological polar surface area (TPSA) is 55.1 Å². The van der Waals surface area contributed by atoms with Gasteiger partial charge < -0.3 is 11.1 Å². The number of hydrogen-bond donors (Lipinski definition) is 2. The fourth-order valence-electron chi connectivity index (χ4n) is 2.10. The van der Waals surface area contributed by atoms with Crippen LogP contribution >= 0.6 is 11.6 Å². The Hall–Kier alpha value is -1.32. The highest BCUT2D eigenvalue weighted by Gasteiger charge is 2.23. The quantitative estimate of drug-likeness (QED) is 0.824. The first-order chi connectivity index (χ1) is 8.56. The van der Waals surface area contributed by atoms with Crippen LogP contribution in [0.2, 0.25) is 5.02 Å². The van der Waals surface area contributed by atoms with Crippen molar-refractivity contribution in [3.63, 3.8) is 0 Å². The first-order valence-electron chi connectivity index (χ1n) is 6.06. The summed E-state index contributed by atoms with van der Waals surface area (Å²) in [4.78, 5) is 12.0. The number of rotatable bonds is 3. The molecule has 3 atom stereocenters. The SMILES string of the molecule is C[C@H](NC(=O)C1C=CC(N)C1)c1cccc(Cl)c1. The van der Waals surface area contributed by atoms with Crippen molar-refractivity contribution in [1.29, 1.82) is 0 Å². The van der Waals surface area contributed by atoms with Gasteiger partial charge in [0, 0.05) is 11.1 Å². The van der Waals surface area contributed by atoms with Gasteiger partial charge in [0.25, 0.3) is 0 Å². The Bertz CT molecular complexity index is 473. The molecule has 0 heterocycles. The van der Waals surface area contributed by atoms with Crippen LogP contribution in [0.15, 0.2) is 36.4 Å². The summed E-state index contributed by atoms with van der Waals surface area (Å²) in [7, 11) is 0. The van der Waals surface area contributed by atoms with Gasteiger partial charge in [0.05, 0.1) is 12.0 Å². The summed E-state index contributed by atoms with van der Waals surface area (Å²) in [5, 5.41) is 3.66. The van der Waals surface area contributed by atoms with Crippen molar-refractivity contribution in [1.82, 2.24) is 5.32 Å². The van der Waals surface area contributed by atoms with E-state index in [4.69, 9.17) is 17.3 Å². The molecule has 4 heteroatoms. The number of benzene rings is 1. The molecule has 1 aliphatic rings. The van der Waals surface area contributed by atoms with Crippen LogP contribution in [0, 0.1) is 5.92 Å². The fraction of sp³-hybridized carbons (Fsp3) is 0.357. The number of nitrogens with one attached hydrogen (secondary N) is 1. The number of hydrogen-bond acceptors (Lipinski definition) is 2. The number of nitrogens with two attached hydrogens (primary N) is 1. The monoisotopic (exact) mass is 264 g/mol. The molecule has 0 aromatic heterocycles. The first-order valence-corrected chi connectivity index (χ1v) is 6.44. The molecule has 0 radical (unpaired) electrons. The molecule has 2 unspecified atom stereocenters. The Morgan fingerprint density at radius 3 is 2.89 bits per heavy atom. The molecule has 3 nitrogen and oxygen atoms in total. The van der Waals surface area contributed by atoms with E-state index in [9.17, 15) is 4.79 Å². The van der Waals surface area contributed by atoms with E-state index in [0.29, 0.717) is 11.4 Å². The minimum absolute atomic E-state index is 0.00206. The number of amides is 1. The van der Waals surface area contributed by atoms with Crippen molar-refractivity contribution < 1.29 is 4.79 Å². The van der Waals surface area contributed by atoms with Crippen LogP contribution in [-0.4, -0.2) is 11.9 Å². The Balaban J connectivity index is 1.97. The van der Waals surface area contributed by atoms with Crippen molar-refractivity contribution in [2.24, 2.45) is 11.7 Å². The smallest absolute Gasteiger partial charge is 0.227 e. The van der Waals surface area contributed by atoms with Crippen molar-refractivity contribution in [2.75, 3.05) is 0 Å². The summed E-state index contributed by atoms with van der Waals surface area (Å²) in [5.41, 5.74) is 6.74. The van der Waals surface area contributed by atoms with Gasteiger partial charge in [0.2, 0.25) is 5.91 Å². The van der Waals surface area contributed by atoms with Gasteiger partial charge in [0.1, 0.15) is 0 Å². The van der Waals surface area contributed by atoms with Crippen molar-refractivity contribution >= 4 is 17.5 Å². The molecule has 96 valence electrons. The summed E-state index contributed by atoms with van der Waals surface area (Å²) in [5.74, 6) is -0.0895. The summed E-state index contributed by atoms with van der Waals surface area (Å²) in [6.45, 7) is 1.95. The molecule has 0 saturated heterocycles. The largest absolute Gasteiger partial charge is 0.349 e. The predicted molar refractivity (Wildman–Crippen MR) is 73.2 cm³/mol. The zero-order valence-corrected chi connectivity index (χ0v) is 11.0. The van der Waals surface area contributed by atoms with Crippen LogP contribution in [0.1, 0.15) is 24.9 Å². The summed E-state index contributed by atoms with van der Waals surface area (Å²) in [6.07, 6.45) is 4.45. The van der Waals surface area contributed by atoms with Gasteiger partial charge in [-0.05, 0) is 31.0 Å². The van der Waals surface area contributed by atoms with E-state index >= 15 is 0 Å². The van der Waals surface area contributed by atoms with Crippen LogP contribution in [-0.2, 0) is 4.79 Å². The van der Waals surface area contributed by atoms with Crippen molar-refractivity contribution in [3.8, 4) is 0 Å². The van der Waals surface area contributed by atoms with Crippen LogP contribution < -0.4 is 11.1 Å². The van der Waals surface area contributed by atoms with Gasteiger partial charge in [-0.2, -0.15) is 0 Å². The zero-order valence-electron chi connectivity index (χ0n) is 10.3. The molecule has 0 spiro atoms. The van der Waals surface area contributed by atoms with Crippen LogP contribution in [0.3, 0.4) is 0 Å². The highest BCUT2D eigenvalue weighted by Crippen LogP contribution is 2.20. The van der Waals surface area contributed by atoms with E-state index in [-0.39, 0.29) is 23.9 Å². The molecule has 2 rings (SSSR count). The lowest BCUT2D eigenvalue weighted by Gasteiger charge is -2.17. The van der Waals surface area contributed by atoms with E-state index < -0.39 is 0 Å². The molecular formula is C14H17ClN2O. The lowest BCUT2D eigenvalue weighted by Crippen LogP contribution is -2.32. The Labute approximate surface area is 112 Å². The summed E-state index contributed by atoms with van der Waals surface area (Å²) in [6, 6.07) is 7.46. The minimum Gasteiger partial charge on any atom is -0.349 e. The number of carbonyl (C=O) groups is 1. The molecule has 18 heavy (non-hydrogen) atoms. The molecule has 1 amide bonds. The standard InChI is InChI=1S/C14H17ClN2O/c1-9(10-3-2-4-12(15)7-10)17-14(18)11-5-6-13(16)8-11/h2-7,9,11,13H,8,16H2,1H3,(H,17,18)/t9-,11?,13?/m0/s1. The summed E-state index contributed by atoms with van der Waals surface area (Å²) >= 11 is 5.93. The summed E-state index contributed by atoms with van der Waals surface area (Å²) < 4.78 is 0. The third-order valence-electron chi connectivity index (χ3n) is 3.16. The maximum absolute atomic E-state index is 12.0.